The number of rotatable bonds is 5. The quantitative estimate of drug-likeness (QED) is 0.238. The monoisotopic (exact) mass is 400 g/mol. The third-order valence-electron chi connectivity index (χ3n) is 4.58. The summed E-state index contributed by atoms with van der Waals surface area (Å²) in [6, 6.07) is 17.1. The molecule has 4 aromatic rings. The average molecular weight is 400 g/mol. The first-order valence-electron chi connectivity index (χ1n) is 9.45. The Kier molecular flexibility index (Phi) is 6.04. The van der Waals surface area contributed by atoms with Gasteiger partial charge in [-0.2, -0.15) is 0 Å². The number of fused-ring (bicyclic) bond motifs is 2. The van der Waals surface area contributed by atoms with Crippen LogP contribution < -0.4 is 5.36 Å². The molecule has 0 saturated carbocycles. The summed E-state index contributed by atoms with van der Waals surface area (Å²) < 4.78 is 16.4. The summed E-state index contributed by atoms with van der Waals surface area (Å²) in [5, 5.41) is 16.1. The van der Waals surface area contributed by atoms with Gasteiger partial charge in [-0.15, -0.1) is 0 Å². The van der Waals surface area contributed by atoms with Gasteiger partial charge in [-0.3, -0.25) is 4.98 Å². The minimum absolute atomic E-state index is 0.316. The van der Waals surface area contributed by atoms with Crippen molar-refractivity contribution in [3.8, 4) is 23.3 Å². The van der Waals surface area contributed by atoms with E-state index in [-0.39, 0.29) is 0 Å². The first-order valence-corrected chi connectivity index (χ1v) is 9.45. The van der Waals surface area contributed by atoms with Crippen LogP contribution in [0.15, 0.2) is 70.4 Å². The van der Waals surface area contributed by atoms with E-state index in [9.17, 15) is 5.21 Å². The SMILES string of the molecule is COCCOCC#Cc1ccc2/c(=N/O)cc(-c3cc4ccccc4cn3)oc2c1. The van der Waals surface area contributed by atoms with E-state index in [1.54, 1.807) is 19.4 Å². The molecule has 0 bridgehead atoms. The number of methoxy groups -OCH3 is 1. The topological polar surface area (TPSA) is 77.1 Å². The lowest BCUT2D eigenvalue weighted by Gasteiger charge is -2.05. The van der Waals surface area contributed by atoms with E-state index in [0.717, 1.165) is 16.3 Å². The molecule has 6 nitrogen and oxygen atoms in total. The fourth-order valence-electron chi connectivity index (χ4n) is 3.08. The summed E-state index contributed by atoms with van der Waals surface area (Å²) in [4.78, 5) is 4.50. The molecule has 4 rings (SSSR count). The number of benzene rings is 2. The second-order valence-corrected chi connectivity index (χ2v) is 6.57. The highest BCUT2D eigenvalue weighted by molar-refractivity contribution is 5.85. The van der Waals surface area contributed by atoms with E-state index < -0.39 is 0 Å². The molecule has 0 saturated heterocycles. The minimum Gasteiger partial charge on any atom is -0.454 e. The fourth-order valence-corrected chi connectivity index (χ4v) is 3.08. The average Bonchev–Trinajstić information content (AvgIpc) is 2.80. The van der Waals surface area contributed by atoms with Gasteiger partial charge in [0, 0.05) is 35.7 Å². The molecule has 2 aromatic heterocycles. The van der Waals surface area contributed by atoms with E-state index >= 15 is 0 Å². The summed E-state index contributed by atoms with van der Waals surface area (Å²) in [6.07, 6.45) is 1.80. The second-order valence-electron chi connectivity index (χ2n) is 6.57. The van der Waals surface area contributed by atoms with E-state index in [0.29, 0.717) is 47.6 Å². The zero-order valence-electron chi connectivity index (χ0n) is 16.5. The van der Waals surface area contributed by atoms with Crippen LogP contribution >= 0.6 is 0 Å². The normalized spacial score (nSPS) is 11.6. The molecule has 0 atom stereocenters. The maximum atomic E-state index is 9.50. The molecule has 0 aliphatic heterocycles. The Bertz CT molecular complexity index is 1320. The second kappa shape index (κ2) is 9.23. The van der Waals surface area contributed by atoms with Crippen LogP contribution in [0.1, 0.15) is 5.56 Å². The van der Waals surface area contributed by atoms with Crippen molar-refractivity contribution in [3.63, 3.8) is 0 Å². The largest absolute Gasteiger partial charge is 0.454 e. The summed E-state index contributed by atoms with van der Waals surface area (Å²) in [7, 11) is 1.63. The van der Waals surface area contributed by atoms with Crippen LogP contribution in [0.3, 0.4) is 0 Å². The summed E-state index contributed by atoms with van der Waals surface area (Å²) in [5.74, 6) is 6.52. The number of ether oxygens (including phenoxy) is 2. The molecule has 0 fully saturated rings. The molecule has 0 aliphatic carbocycles. The fraction of sp³-hybridized carbons (Fsp3) is 0.167. The maximum Gasteiger partial charge on any atom is 0.155 e. The molecule has 6 heteroatoms. The van der Waals surface area contributed by atoms with Gasteiger partial charge in [-0.1, -0.05) is 41.3 Å². The van der Waals surface area contributed by atoms with Crippen molar-refractivity contribution in [1.29, 1.82) is 0 Å². The zero-order chi connectivity index (χ0) is 20.8. The molecule has 2 heterocycles. The predicted octanol–water partition coefficient (Wildman–Crippen LogP) is 3.95. The Hall–Kier alpha value is -3.66. The van der Waals surface area contributed by atoms with Crippen LogP contribution in [-0.2, 0) is 9.47 Å². The van der Waals surface area contributed by atoms with Crippen molar-refractivity contribution in [3.05, 3.63) is 71.7 Å². The molecule has 0 unspecified atom stereocenters. The van der Waals surface area contributed by atoms with Gasteiger partial charge in [-0.25, -0.2) is 0 Å². The molecule has 150 valence electrons. The molecule has 1 N–H and O–H groups in total. The zero-order valence-corrected chi connectivity index (χ0v) is 16.5. The lowest BCUT2D eigenvalue weighted by Crippen LogP contribution is -2.04. The molecule has 0 aliphatic rings. The van der Waals surface area contributed by atoms with Crippen molar-refractivity contribution in [2.45, 2.75) is 0 Å². The Morgan fingerprint density at radius 2 is 1.93 bits per heavy atom. The number of nitrogens with zero attached hydrogens (tertiary/aromatic N) is 2. The lowest BCUT2D eigenvalue weighted by molar-refractivity contribution is 0.0877. The molecular weight excluding hydrogens is 380 g/mol. The van der Waals surface area contributed by atoms with Crippen molar-refractivity contribution >= 4 is 21.7 Å². The molecular formula is C24H20N2O4. The van der Waals surface area contributed by atoms with Gasteiger partial charge in [0.15, 0.2) is 5.76 Å². The third-order valence-corrected chi connectivity index (χ3v) is 4.58. The summed E-state index contributed by atoms with van der Waals surface area (Å²) in [5.41, 5.74) is 1.99. The van der Waals surface area contributed by atoms with E-state index in [2.05, 4.69) is 22.0 Å². The van der Waals surface area contributed by atoms with Gasteiger partial charge in [-0.05, 0) is 29.7 Å². The standard InChI is InChI=1S/C24H20N2O4/c1-28-11-12-29-10-4-5-17-8-9-20-21(26-27)15-24(30-23(20)13-17)22-14-18-6-2-3-7-19(18)16-25-22/h2-3,6-9,13-16,27H,10-12H2,1H3/b26-21+. The van der Waals surface area contributed by atoms with Gasteiger partial charge in [0.2, 0.25) is 0 Å². The van der Waals surface area contributed by atoms with Gasteiger partial charge >= 0.3 is 0 Å². The smallest absolute Gasteiger partial charge is 0.155 e. The maximum absolute atomic E-state index is 9.50. The minimum atomic E-state index is 0.316. The molecule has 0 amide bonds. The molecule has 0 spiro atoms. The van der Waals surface area contributed by atoms with Crippen LogP contribution in [0, 0.1) is 11.8 Å². The number of hydrogen-bond acceptors (Lipinski definition) is 6. The van der Waals surface area contributed by atoms with Crippen LogP contribution in [0.4, 0.5) is 0 Å². The van der Waals surface area contributed by atoms with Gasteiger partial charge in [0.25, 0.3) is 0 Å². The molecule has 2 aromatic carbocycles. The number of hydrogen-bond donors (Lipinski definition) is 1. The van der Waals surface area contributed by atoms with Crippen LogP contribution in [0.2, 0.25) is 0 Å². The van der Waals surface area contributed by atoms with Crippen molar-refractivity contribution in [1.82, 2.24) is 4.98 Å². The van der Waals surface area contributed by atoms with Crippen molar-refractivity contribution < 1.29 is 19.1 Å². The predicted molar refractivity (Wildman–Crippen MR) is 114 cm³/mol. The van der Waals surface area contributed by atoms with Gasteiger partial charge in [0.1, 0.15) is 23.2 Å². The highest BCUT2D eigenvalue weighted by Crippen LogP contribution is 2.24. The molecule has 0 radical (unpaired) electrons. The highest BCUT2D eigenvalue weighted by Gasteiger charge is 2.09. The Morgan fingerprint density at radius 1 is 1.07 bits per heavy atom. The number of aromatic nitrogens is 1. The first-order chi connectivity index (χ1) is 14.8. The lowest BCUT2D eigenvalue weighted by atomic mass is 10.1. The number of pyridine rings is 1. The van der Waals surface area contributed by atoms with E-state index in [4.69, 9.17) is 13.9 Å². The van der Waals surface area contributed by atoms with E-state index in [1.165, 1.54) is 0 Å². The van der Waals surface area contributed by atoms with Crippen molar-refractivity contribution in [2.75, 3.05) is 26.9 Å². The highest BCUT2D eigenvalue weighted by atomic mass is 16.5. The Balaban J connectivity index is 1.70. The van der Waals surface area contributed by atoms with Crippen molar-refractivity contribution in [2.24, 2.45) is 5.16 Å². The Morgan fingerprint density at radius 3 is 2.77 bits per heavy atom. The Labute approximate surface area is 173 Å². The summed E-state index contributed by atoms with van der Waals surface area (Å²) >= 11 is 0. The third kappa shape index (κ3) is 4.33. The summed E-state index contributed by atoms with van der Waals surface area (Å²) in [6.45, 7) is 1.36. The van der Waals surface area contributed by atoms with E-state index in [1.807, 2.05) is 48.5 Å². The molecule has 30 heavy (non-hydrogen) atoms. The van der Waals surface area contributed by atoms with Gasteiger partial charge in [0.05, 0.1) is 13.2 Å². The van der Waals surface area contributed by atoms with Crippen LogP contribution in [0.25, 0.3) is 33.2 Å². The van der Waals surface area contributed by atoms with Gasteiger partial charge < -0.3 is 19.1 Å². The van der Waals surface area contributed by atoms with Crippen LogP contribution in [0.5, 0.6) is 0 Å². The first kappa shape index (κ1) is 19.6. The van der Waals surface area contributed by atoms with Crippen LogP contribution in [-0.4, -0.2) is 37.1 Å².